The predicted octanol–water partition coefficient (Wildman–Crippen LogP) is 13.8. The van der Waals surface area contributed by atoms with E-state index in [9.17, 15) is 0 Å². The molecule has 4 heterocycles. The van der Waals surface area contributed by atoms with Gasteiger partial charge in [0.2, 0.25) is 0 Å². The Morgan fingerprint density at radius 1 is 0.434 bits per heavy atom. The van der Waals surface area contributed by atoms with Gasteiger partial charge in [0.05, 0.1) is 50.8 Å². The Labute approximate surface area is 314 Å². The maximum atomic E-state index is 2.66. The third-order valence-corrected chi connectivity index (χ3v) is 13.4. The van der Waals surface area contributed by atoms with Gasteiger partial charge in [-0.05, 0) is 107 Å². The molecule has 53 heavy (non-hydrogen) atoms. The fourth-order valence-electron chi connectivity index (χ4n) is 10.3. The summed E-state index contributed by atoms with van der Waals surface area (Å²) in [4.78, 5) is 5.29. The first-order valence-corrected chi connectivity index (χ1v) is 19.3. The van der Waals surface area contributed by atoms with Gasteiger partial charge in [-0.3, -0.25) is 0 Å². The highest BCUT2D eigenvalue weighted by molar-refractivity contribution is 6.11. The molecule has 0 spiro atoms. The zero-order chi connectivity index (χ0) is 37.1. The normalized spacial score (nSPS) is 16.1. The van der Waals surface area contributed by atoms with Crippen LogP contribution in [-0.2, 0) is 16.2 Å². The minimum atomic E-state index is -0.185. The van der Waals surface area contributed by atoms with Gasteiger partial charge in [0, 0.05) is 21.6 Å². The maximum Gasteiger partial charge on any atom is 0.0744 e. The van der Waals surface area contributed by atoms with Crippen molar-refractivity contribution < 1.29 is 0 Å². The summed E-state index contributed by atoms with van der Waals surface area (Å²) in [5.41, 5.74) is 23.6. The smallest absolute Gasteiger partial charge is 0.0744 e. The molecule has 1 aromatic heterocycles. The van der Waals surface area contributed by atoms with Gasteiger partial charge in [0.25, 0.3) is 0 Å². The van der Waals surface area contributed by atoms with Crippen LogP contribution in [0, 0.1) is 27.7 Å². The first-order valence-electron chi connectivity index (χ1n) is 19.3. The zero-order valence-electron chi connectivity index (χ0n) is 33.1. The lowest BCUT2D eigenvalue weighted by Crippen LogP contribution is -2.41. The molecule has 0 amide bonds. The monoisotopic (exact) mass is 691 g/mol. The van der Waals surface area contributed by atoms with Crippen molar-refractivity contribution in [3.8, 4) is 5.69 Å². The van der Waals surface area contributed by atoms with Crippen LogP contribution >= 0.6 is 0 Å². The van der Waals surface area contributed by atoms with E-state index in [4.69, 9.17) is 0 Å². The summed E-state index contributed by atoms with van der Waals surface area (Å²) < 4.78 is 2.52. The van der Waals surface area contributed by atoms with Gasteiger partial charge in [-0.15, -0.1) is 0 Å². The molecule has 0 fully saturated rings. The molecular weight excluding hydrogens is 643 g/mol. The van der Waals surface area contributed by atoms with Crippen LogP contribution < -0.4 is 9.80 Å². The summed E-state index contributed by atoms with van der Waals surface area (Å²) in [5.74, 6) is 0. The summed E-state index contributed by atoms with van der Waals surface area (Å²) in [6, 6.07) is 36.9. The highest BCUT2D eigenvalue weighted by atomic mass is 15.3. The Kier molecular flexibility index (Phi) is 6.25. The van der Waals surface area contributed by atoms with E-state index in [1.807, 2.05) is 0 Å². The van der Waals surface area contributed by atoms with E-state index in [0.29, 0.717) is 0 Å². The van der Waals surface area contributed by atoms with Crippen molar-refractivity contribution >= 4 is 55.9 Å². The second-order valence-electron chi connectivity index (χ2n) is 18.0. The number of fused-ring (bicyclic) bond motifs is 3. The van der Waals surface area contributed by atoms with Crippen molar-refractivity contribution in [1.29, 1.82) is 0 Å². The maximum absolute atomic E-state index is 2.66. The first kappa shape index (κ1) is 32.4. The Morgan fingerprint density at radius 3 is 1.32 bits per heavy atom. The fraction of sp³-hybridized carbons (Fsp3) is 0.280. The molecule has 3 aliphatic heterocycles. The highest BCUT2D eigenvalue weighted by Gasteiger charge is 2.50. The molecule has 0 saturated carbocycles. The summed E-state index contributed by atoms with van der Waals surface area (Å²) in [6.45, 7) is 26.2. The summed E-state index contributed by atoms with van der Waals surface area (Å²) in [5, 5.41) is 2.59. The van der Waals surface area contributed by atoms with Crippen molar-refractivity contribution in [3.63, 3.8) is 0 Å². The second-order valence-corrected chi connectivity index (χ2v) is 18.0. The topological polar surface area (TPSA) is 11.4 Å². The van der Waals surface area contributed by atoms with Crippen molar-refractivity contribution in [1.82, 2.24) is 4.57 Å². The van der Waals surface area contributed by atoms with E-state index in [1.165, 1.54) is 112 Å². The molecule has 0 saturated heterocycles. The van der Waals surface area contributed by atoms with Crippen LogP contribution in [-0.4, -0.2) is 4.57 Å². The van der Waals surface area contributed by atoms with E-state index in [2.05, 4.69) is 188 Å². The molecule has 264 valence electrons. The van der Waals surface area contributed by atoms with Crippen molar-refractivity contribution in [2.24, 2.45) is 0 Å². The van der Waals surface area contributed by atoms with Crippen LogP contribution in [0.5, 0.6) is 0 Å². The van der Waals surface area contributed by atoms with E-state index in [-0.39, 0.29) is 16.2 Å². The molecule has 0 aliphatic carbocycles. The third kappa shape index (κ3) is 3.90. The van der Waals surface area contributed by atoms with Crippen molar-refractivity contribution in [3.05, 3.63) is 147 Å². The Hall–Kier alpha value is -5.28. The molecule has 7 aromatic rings. The van der Waals surface area contributed by atoms with Crippen molar-refractivity contribution in [2.75, 3.05) is 9.80 Å². The lowest BCUT2D eigenvalue weighted by Gasteiger charge is -2.54. The number of nitrogens with zero attached hydrogens (tertiary/aromatic N) is 3. The lowest BCUT2D eigenvalue weighted by molar-refractivity contribution is 0.563. The van der Waals surface area contributed by atoms with E-state index >= 15 is 0 Å². The molecule has 0 bridgehead atoms. The lowest BCUT2D eigenvalue weighted by atomic mass is 9.64. The van der Waals surface area contributed by atoms with Crippen molar-refractivity contribution in [2.45, 2.75) is 92.4 Å². The molecular formula is C50H49N3. The summed E-state index contributed by atoms with van der Waals surface area (Å²) in [6.07, 6.45) is 0. The minimum Gasteiger partial charge on any atom is -0.309 e. The van der Waals surface area contributed by atoms with Gasteiger partial charge in [0.1, 0.15) is 0 Å². The largest absolute Gasteiger partial charge is 0.309 e. The minimum absolute atomic E-state index is 0.0385. The third-order valence-electron chi connectivity index (χ3n) is 13.4. The van der Waals surface area contributed by atoms with Gasteiger partial charge in [-0.2, -0.15) is 0 Å². The Bertz CT molecular complexity index is 2590. The van der Waals surface area contributed by atoms with Crippen LogP contribution in [0.1, 0.15) is 98.5 Å². The molecule has 6 aromatic carbocycles. The number of para-hydroxylation sites is 4. The average Bonchev–Trinajstić information content (AvgIpc) is 3.46. The van der Waals surface area contributed by atoms with Gasteiger partial charge < -0.3 is 14.4 Å². The van der Waals surface area contributed by atoms with Gasteiger partial charge in [-0.1, -0.05) is 121 Å². The van der Waals surface area contributed by atoms with E-state index < -0.39 is 0 Å². The molecule has 0 atom stereocenters. The fourth-order valence-corrected chi connectivity index (χ4v) is 10.3. The SMILES string of the molecule is Cc1c(C)c(-n2c3ccccc3c3ccccc32)c(C)c(C)c1N1c2cccc3c2N2c4c1cccc4C(C)(C)c1cc(C(C)(C)C)cc(c12)C3(C)C. The Balaban J connectivity index is 1.29. The molecule has 0 radical (unpaired) electrons. The zero-order valence-corrected chi connectivity index (χ0v) is 33.1. The molecule has 3 nitrogen and oxygen atoms in total. The second kappa shape index (κ2) is 10.2. The van der Waals surface area contributed by atoms with E-state index in [0.717, 1.165) is 0 Å². The number of rotatable bonds is 2. The van der Waals surface area contributed by atoms with Crippen LogP contribution in [0.25, 0.3) is 27.5 Å². The number of aromatic nitrogens is 1. The van der Waals surface area contributed by atoms with Crippen LogP contribution in [0.15, 0.2) is 97.1 Å². The number of hydrogen-bond acceptors (Lipinski definition) is 2. The number of hydrogen-bond donors (Lipinski definition) is 0. The van der Waals surface area contributed by atoms with Crippen LogP contribution in [0.4, 0.5) is 34.1 Å². The molecule has 3 aliphatic rings. The number of benzene rings is 6. The first-order chi connectivity index (χ1) is 25.2. The molecule has 0 unspecified atom stereocenters. The van der Waals surface area contributed by atoms with Crippen LogP contribution in [0.3, 0.4) is 0 Å². The highest BCUT2D eigenvalue weighted by Crippen LogP contribution is 2.68. The Morgan fingerprint density at radius 2 is 0.868 bits per heavy atom. The summed E-state index contributed by atoms with van der Waals surface area (Å²) in [7, 11) is 0. The van der Waals surface area contributed by atoms with Gasteiger partial charge in [0.15, 0.2) is 0 Å². The molecule has 0 N–H and O–H groups in total. The van der Waals surface area contributed by atoms with E-state index in [1.54, 1.807) is 0 Å². The number of anilines is 6. The predicted molar refractivity (Wildman–Crippen MR) is 226 cm³/mol. The average molecular weight is 692 g/mol. The summed E-state index contributed by atoms with van der Waals surface area (Å²) >= 11 is 0. The van der Waals surface area contributed by atoms with Gasteiger partial charge >= 0.3 is 0 Å². The van der Waals surface area contributed by atoms with Crippen LogP contribution in [0.2, 0.25) is 0 Å². The molecule has 3 heteroatoms. The quantitative estimate of drug-likeness (QED) is 0.179. The molecule has 10 rings (SSSR count). The standard InChI is InChI=1S/C50H49N3/c1-28-30(3)44(31(4)29(2)43(28)51-39-22-14-12-18-33(39)34-19-13-15-23-40(34)51)52-41-24-16-20-35-46(41)53-45-37(49(35,8)9)26-32(48(5,6)7)27-38(45)50(10,11)36-21-17-25-42(52)47(36)53/h12-27H,1-11H3. The van der Waals surface area contributed by atoms with Gasteiger partial charge in [-0.25, -0.2) is 0 Å².